The van der Waals surface area contributed by atoms with Crippen LogP contribution in [0.3, 0.4) is 0 Å². The summed E-state index contributed by atoms with van der Waals surface area (Å²) in [7, 11) is 0. The number of aryl methyl sites for hydroxylation is 1. The van der Waals surface area contributed by atoms with Crippen molar-refractivity contribution in [3.05, 3.63) is 22.2 Å². The van der Waals surface area contributed by atoms with Crippen LogP contribution in [0, 0.1) is 6.92 Å². The third kappa shape index (κ3) is 2.78. The Balaban J connectivity index is 2.28. The van der Waals surface area contributed by atoms with Crippen LogP contribution in [0.5, 0.6) is 5.88 Å². The lowest BCUT2D eigenvalue weighted by Crippen LogP contribution is -2.28. The number of nitrogens with zero attached hydrogens (tertiary/aromatic N) is 2. The van der Waals surface area contributed by atoms with Crippen LogP contribution in [0.2, 0.25) is 0 Å². The summed E-state index contributed by atoms with van der Waals surface area (Å²) in [5.41, 5.74) is -0.638. The van der Waals surface area contributed by atoms with E-state index >= 15 is 0 Å². The van der Waals surface area contributed by atoms with Crippen molar-refractivity contribution in [2.24, 2.45) is 0 Å². The highest BCUT2D eigenvalue weighted by atomic mass is 16.5. The number of aliphatic hydroxyl groups is 2. The molecule has 2 rings (SSSR count). The van der Waals surface area contributed by atoms with Crippen LogP contribution in [0.4, 0.5) is 0 Å². The van der Waals surface area contributed by atoms with E-state index in [2.05, 4.69) is 4.98 Å². The van der Waals surface area contributed by atoms with Gasteiger partial charge in [-0.3, -0.25) is 4.57 Å². The van der Waals surface area contributed by atoms with Gasteiger partial charge in [-0.25, -0.2) is 4.79 Å². The van der Waals surface area contributed by atoms with Crippen LogP contribution >= 0.6 is 0 Å². The molecule has 1 saturated heterocycles. The van der Waals surface area contributed by atoms with E-state index in [4.69, 9.17) is 21.4 Å². The minimum Gasteiger partial charge on any atom is -0.478 e. The van der Waals surface area contributed by atoms with Crippen molar-refractivity contribution >= 4 is 0 Å². The van der Waals surface area contributed by atoms with Gasteiger partial charge in [-0.2, -0.15) is 4.98 Å². The van der Waals surface area contributed by atoms with Crippen molar-refractivity contribution < 1.29 is 26.5 Å². The Morgan fingerprint density at radius 2 is 2.58 bits per heavy atom. The average molecular weight is 275 g/mol. The lowest BCUT2D eigenvalue weighted by molar-refractivity contribution is -0.0460. The second kappa shape index (κ2) is 5.68. The number of hydrogen-bond acceptors (Lipinski definition) is 6. The predicted octanol–water partition coefficient (Wildman–Crippen LogP) is -0.409. The fourth-order valence-corrected chi connectivity index (χ4v) is 1.96. The molecule has 1 aliphatic rings. The second-order valence-electron chi connectivity index (χ2n) is 4.24. The molecule has 7 nitrogen and oxygen atoms in total. The molecule has 2 heterocycles. The molecule has 1 aliphatic heterocycles. The first-order valence-corrected chi connectivity index (χ1v) is 5.69. The molecule has 0 spiro atoms. The normalized spacial score (nSPS) is 31.9. The molecule has 19 heavy (non-hydrogen) atoms. The van der Waals surface area contributed by atoms with Gasteiger partial charge in [0.25, 0.3) is 0 Å². The van der Waals surface area contributed by atoms with E-state index < -0.39 is 50.0 Å². The molecule has 1 aromatic heterocycles. The van der Waals surface area contributed by atoms with E-state index in [1.165, 1.54) is 13.1 Å². The van der Waals surface area contributed by atoms with Gasteiger partial charge in [-0.15, -0.1) is 0 Å². The Morgan fingerprint density at radius 3 is 3.21 bits per heavy atom. The maximum absolute atomic E-state index is 12.1. The molecule has 3 atom stereocenters. The first kappa shape index (κ1) is 8.68. The summed E-state index contributed by atoms with van der Waals surface area (Å²) in [5, 5.41) is 18.8. The SMILES string of the molecule is [2H]C([2H])([2H])C([2H])([2H])Oc1nc(=O)n([C@H]2C[C@H](O)[C@@H](CO)O2)cc1C. The average Bonchev–Trinajstić information content (AvgIpc) is 2.82. The smallest absolute Gasteiger partial charge is 0.352 e. The first-order valence-electron chi connectivity index (χ1n) is 8.19. The van der Waals surface area contributed by atoms with Crippen molar-refractivity contribution in [2.75, 3.05) is 13.2 Å². The first-order chi connectivity index (χ1) is 11.0. The third-order valence-electron chi connectivity index (χ3n) is 2.93. The topological polar surface area (TPSA) is 93.8 Å². The zero-order valence-electron chi connectivity index (χ0n) is 15.2. The Labute approximate surface area is 117 Å². The number of rotatable bonds is 4. The van der Waals surface area contributed by atoms with Gasteiger partial charge < -0.3 is 19.7 Å². The molecule has 2 N–H and O–H groups in total. The van der Waals surface area contributed by atoms with Crippen LogP contribution in [0.1, 0.15) is 31.9 Å². The van der Waals surface area contributed by atoms with Crippen molar-refractivity contribution in [2.45, 2.75) is 38.6 Å². The molecular formula is C12H18N2O5. The van der Waals surface area contributed by atoms with Crippen molar-refractivity contribution in [3.8, 4) is 5.88 Å². The summed E-state index contributed by atoms with van der Waals surface area (Å²) in [6.07, 6.45) is -1.25. The number of aliphatic hydroxyl groups excluding tert-OH is 2. The van der Waals surface area contributed by atoms with Gasteiger partial charge in [0.05, 0.1) is 22.0 Å². The molecule has 0 aliphatic carbocycles. The van der Waals surface area contributed by atoms with Gasteiger partial charge in [0, 0.05) is 22.3 Å². The van der Waals surface area contributed by atoms with Crippen molar-refractivity contribution in [3.63, 3.8) is 0 Å². The molecular weight excluding hydrogens is 252 g/mol. The van der Waals surface area contributed by atoms with Gasteiger partial charge in [0.2, 0.25) is 5.88 Å². The minimum absolute atomic E-state index is 0.0720. The van der Waals surface area contributed by atoms with Crippen LogP contribution in [-0.2, 0) is 4.74 Å². The zero-order chi connectivity index (χ0) is 18.3. The number of hydrogen-bond donors (Lipinski definition) is 2. The molecule has 0 amide bonds. The zero-order valence-corrected chi connectivity index (χ0v) is 10.2. The van der Waals surface area contributed by atoms with Gasteiger partial charge in [0.1, 0.15) is 12.3 Å². The van der Waals surface area contributed by atoms with Crippen LogP contribution in [0.25, 0.3) is 0 Å². The van der Waals surface area contributed by atoms with Gasteiger partial charge in [-0.1, -0.05) is 0 Å². The van der Waals surface area contributed by atoms with Crippen molar-refractivity contribution in [1.29, 1.82) is 0 Å². The Morgan fingerprint density at radius 1 is 1.79 bits per heavy atom. The molecule has 0 radical (unpaired) electrons. The van der Waals surface area contributed by atoms with Crippen LogP contribution < -0.4 is 10.4 Å². The van der Waals surface area contributed by atoms with E-state index in [1.54, 1.807) is 0 Å². The van der Waals surface area contributed by atoms with E-state index in [9.17, 15) is 9.90 Å². The molecule has 0 unspecified atom stereocenters. The summed E-state index contributed by atoms with van der Waals surface area (Å²) in [6.45, 7) is -5.00. The summed E-state index contributed by atoms with van der Waals surface area (Å²) < 4.78 is 47.4. The fourth-order valence-electron chi connectivity index (χ4n) is 1.96. The molecule has 1 fully saturated rings. The predicted molar refractivity (Wildman–Crippen MR) is 66.0 cm³/mol. The highest BCUT2D eigenvalue weighted by Crippen LogP contribution is 2.28. The molecule has 7 heteroatoms. The van der Waals surface area contributed by atoms with Gasteiger partial charge in [0.15, 0.2) is 0 Å². The van der Waals surface area contributed by atoms with E-state index in [-0.39, 0.29) is 12.0 Å². The summed E-state index contributed by atoms with van der Waals surface area (Å²) in [4.78, 5) is 15.7. The third-order valence-corrected chi connectivity index (χ3v) is 2.93. The number of ether oxygens (including phenoxy) is 2. The number of aromatic nitrogens is 2. The maximum Gasteiger partial charge on any atom is 0.352 e. The molecule has 0 saturated carbocycles. The highest BCUT2D eigenvalue weighted by Gasteiger charge is 2.35. The lowest BCUT2D eigenvalue weighted by atomic mass is 10.2. The van der Waals surface area contributed by atoms with Gasteiger partial charge >= 0.3 is 5.69 Å². The highest BCUT2D eigenvalue weighted by molar-refractivity contribution is 5.20. The molecule has 0 bridgehead atoms. The Kier molecular flexibility index (Phi) is 2.60. The minimum atomic E-state index is -3.05. The van der Waals surface area contributed by atoms with E-state index in [1.807, 2.05) is 0 Å². The standard InChI is InChI=1S/C12H18N2O5/c1-3-18-11-7(2)5-14(12(17)13-11)10-4-8(16)9(6-15)19-10/h5,8-10,15-16H,3-4,6H2,1-2H3/t8-,9+,10+/m0/s1/i1D3,3D2. The van der Waals surface area contributed by atoms with Gasteiger partial charge in [-0.05, 0) is 13.8 Å². The van der Waals surface area contributed by atoms with Crippen molar-refractivity contribution in [1.82, 2.24) is 9.55 Å². The Hall–Kier alpha value is -1.44. The Bertz CT molecular complexity index is 662. The quantitative estimate of drug-likeness (QED) is 0.776. The van der Waals surface area contributed by atoms with E-state index in [0.29, 0.717) is 0 Å². The summed E-state index contributed by atoms with van der Waals surface area (Å²) >= 11 is 0. The summed E-state index contributed by atoms with van der Waals surface area (Å²) in [5.74, 6) is -0.436. The maximum atomic E-state index is 12.1. The molecule has 0 aromatic carbocycles. The fraction of sp³-hybridized carbons (Fsp3) is 0.667. The summed E-state index contributed by atoms with van der Waals surface area (Å²) in [6, 6.07) is 0. The lowest BCUT2D eigenvalue weighted by Gasteiger charge is -2.15. The second-order valence-corrected chi connectivity index (χ2v) is 4.24. The van der Waals surface area contributed by atoms with E-state index in [0.717, 1.165) is 4.57 Å². The largest absolute Gasteiger partial charge is 0.478 e. The molecule has 106 valence electrons. The van der Waals surface area contributed by atoms with Crippen LogP contribution in [-0.4, -0.2) is 45.1 Å². The van der Waals surface area contributed by atoms with Crippen LogP contribution in [0.15, 0.2) is 11.0 Å². The monoisotopic (exact) mass is 275 g/mol. The molecule has 1 aromatic rings.